The Balaban J connectivity index is 1.78. The van der Waals surface area contributed by atoms with Gasteiger partial charge in [-0.1, -0.05) is 36.4 Å². The Kier molecular flexibility index (Phi) is 8.41. The molecule has 0 amide bonds. The summed E-state index contributed by atoms with van der Waals surface area (Å²) in [6, 6.07) is 13.5. The number of alkyl halides is 6. The average Bonchev–Trinajstić information content (AvgIpc) is 2.92. The summed E-state index contributed by atoms with van der Waals surface area (Å²) < 4.78 is 97.7. The van der Waals surface area contributed by atoms with Crippen molar-refractivity contribution in [3.63, 3.8) is 0 Å². The first-order valence-electron chi connectivity index (χ1n) is 12.2. The fourth-order valence-electron chi connectivity index (χ4n) is 4.39. The molecular formula is C29H24F7N3O2. The molecule has 0 aromatic heterocycles. The lowest BCUT2D eigenvalue weighted by Crippen LogP contribution is -2.48. The van der Waals surface area contributed by atoms with E-state index in [0.717, 1.165) is 24.3 Å². The molecule has 3 aromatic carbocycles. The van der Waals surface area contributed by atoms with E-state index in [9.17, 15) is 35.5 Å². The van der Waals surface area contributed by atoms with Crippen LogP contribution in [0, 0.1) is 5.82 Å². The summed E-state index contributed by atoms with van der Waals surface area (Å²) in [4.78, 5) is 18.9. The Morgan fingerprint density at radius 1 is 0.902 bits per heavy atom. The lowest BCUT2D eigenvalue weighted by atomic mass is 9.94. The third kappa shape index (κ3) is 6.87. The first kappa shape index (κ1) is 29.6. The predicted octanol–water partition coefficient (Wildman–Crippen LogP) is 7.01. The molecule has 0 saturated carbocycles. The van der Waals surface area contributed by atoms with E-state index in [1.807, 2.05) is 0 Å². The minimum Gasteiger partial charge on any atom is -0.466 e. The highest BCUT2D eigenvalue weighted by Crippen LogP contribution is 2.34. The second-order valence-corrected chi connectivity index (χ2v) is 9.24. The zero-order valence-electron chi connectivity index (χ0n) is 21.8. The Morgan fingerprint density at radius 2 is 1.54 bits per heavy atom. The molecule has 41 heavy (non-hydrogen) atoms. The van der Waals surface area contributed by atoms with Crippen LogP contribution in [0.3, 0.4) is 0 Å². The van der Waals surface area contributed by atoms with E-state index in [2.05, 4.69) is 10.3 Å². The van der Waals surface area contributed by atoms with Gasteiger partial charge >= 0.3 is 18.3 Å². The van der Waals surface area contributed by atoms with E-state index >= 15 is 0 Å². The van der Waals surface area contributed by atoms with E-state index in [0.29, 0.717) is 16.8 Å². The first-order valence-corrected chi connectivity index (χ1v) is 12.2. The topological polar surface area (TPSA) is 53.9 Å². The van der Waals surface area contributed by atoms with Crippen LogP contribution in [-0.2, 0) is 35.0 Å². The summed E-state index contributed by atoms with van der Waals surface area (Å²) in [6.07, 6.45) is -9.09. The summed E-state index contributed by atoms with van der Waals surface area (Å²) in [5, 5.41) is 3.10. The van der Waals surface area contributed by atoms with Gasteiger partial charge in [0.1, 0.15) is 5.82 Å². The molecule has 1 aliphatic heterocycles. The molecular weight excluding hydrogens is 555 g/mol. The van der Waals surface area contributed by atoms with E-state index in [4.69, 9.17) is 4.74 Å². The van der Waals surface area contributed by atoms with Crippen LogP contribution in [0.5, 0.6) is 0 Å². The molecule has 12 heteroatoms. The van der Waals surface area contributed by atoms with Gasteiger partial charge in [-0.3, -0.25) is 0 Å². The molecule has 1 aliphatic rings. The Bertz CT molecular complexity index is 1460. The fraction of sp³-hybridized carbons (Fsp3) is 0.241. The zero-order valence-corrected chi connectivity index (χ0v) is 21.8. The summed E-state index contributed by atoms with van der Waals surface area (Å²) in [7, 11) is 1.18. The number of guanidine groups is 1. The SMILES string of the molecule is COC(=O)C1=C(C)N(Cc2cccc(C(F)(F)F)c2)C(=NCc2ccc(C(F)(F)F)cc2)NC1c1ccc(F)cc1. The maximum atomic E-state index is 13.7. The number of benzene rings is 3. The third-order valence-corrected chi connectivity index (χ3v) is 6.51. The number of aliphatic imine (C=N–C) groups is 1. The highest BCUT2D eigenvalue weighted by Gasteiger charge is 2.36. The van der Waals surface area contributed by atoms with Crippen molar-refractivity contribution in [1.29, 1.82) is 0 Å². The van der Waals surface area contributed by atoms with Gasteiger partial charge in [-0.25, -0.2) is 14.2 Å². The van der Waals surface area contributed by atoms with Gasteiger partial charge < -0.3 is 15.0 Å². The zero-order chi connectivity index (χ0) is 29.9. The predicted molar refractivity (Wildman–Crippen MR) is 137 cm³/mol. The molecule has 1 atom stereocenters. The van der Waals surface area contributed by atoms with E-state index in [-0.39, 0.29) is 30.2 Å². The van der Waals surface area contributed by atoms with E-state index in [1.54, 1.807) is 6.92 Å². The first-order chi connectivity index (χ1) is 19.3. The van der Waals surface area contributed by atoms with Gasteiger partial charge in [0, 0.05) is 5.70 Å². The molecule has 0 spiro atoms. The monoisotopic (exact) mass is 579 g/mol. The molecule has 0 aliphatic carbocycles. The van der Waals surface area contributed by atoms with E-state index < -0.39 is 41.3 Å². The number of methoxy groups -OCH3 is 1. The van der Waals surface area contributed by atoms with Gasteiger partial charge in [0.05, 0.1) is 42.9 Å². The lowest BCUT2D eigenvalue weighted by molar-refractivity contribution is -0.138. The molecule has 1 unspecified atom stereocenters. The summed E-state index contributed by atoms with van der Waals surface area (Å²) >= 11 is 0. The van der Waals surface area contributed by atoms with Crippen LogP contribution in [0.15, 0.2) is 89.1 Å². The fourth-order valence-corrected chi connectivity index (χ4v) is 4.39. The largest absolute Gasteiger partial charge is 0.466 e. The lowest BCUT2D eigenvalue weighted by Gasteiger charge is -2.38. The van der Waals surface area contributed by atoms with Crippen molar-refractivity contribution in [3.8, 4) is 0 Å². The number of nitrogens with one attached hydrogen (secondary N) is 1. The summed E-state index contributed by atoms with van der Waals surface area (Å²) in [5.74, 6) is -1.09. The van der Waals surface area contributed by atoms with Gasteiger partial charge in [0.2, 0.25) is 0 Å². The van der Waals surface area contributed by atoms with Crippen molar-refractivity contribution in [2.24, 2.45) is 4.99 Å². The Morgan fingerprint density at radius 3 is 2.12 bits per heavy atom. The molecule has 0 fully saturated rings. The van der Waals surface area contributed by atoms with Crippen LogP contribution in [-0.4, -0.2) is 23.9 Å². The normalized spacial score (nSPS) is 17.0. The van der Waals surface area contributed by atoms with Gasteiger partial charge in [0.15, 0.2) is 5.96 Å². The van der Waals surface area contributed by atoms with Crippen molar-refractivity contribution < 1.29 is 40.3 Å². The van der Waals surface area contributed by atoms with Crippen LogP contribution in [0.25, 0.3) is 0 Å². The van der Waals surface area contributed by atoms with Gasteiger partial charge in [0.25, 0.3) is 0 Å². The standard InChI is InChI=1S/C29H24F7N3O2/c1-17-24(26(40)41-2)25(20-8-12-23(30)13-9-20)38-27(37-15-18-6-10-21(11-7-18)28(31,32)33)39(17)16-19-4-3-5-22(14-19)29(34,35)36/h3-14,25H,15-16H2,1-2H3,(H,37,38). The van der Waals surface area contributed by atoms with Gasteiger partial charge in [-0.15, -0.1) is 0 Å². The number of allylic oxidation sites excluding steroid dienone is 1. The number of halogens is 7. The highest BCUT2D eigenvalue weighted by molar-refractivity contribution is 5.96. The molecule has 0 radical (unpaired) electrons. The van der Waals surface area contributed by atoms with Crippen LogP contribution < -0.4 is 5.32 Å². The minimum absolute atomic E-state index is 0.0868. The smallest absolute Gasteiger partial charge is 0.416 e. The van der Waals surface area contributed by atoms with Crippen LogP contribution in [0.2, 0.25) is 0 Å². The molecule has 3 aromatic rings. The number of rotatable bonds is 6. The number of nitrogens with zero attached hydrogens (tertiary/aromatic N) is 2. The van der Waals surface area contributed by atoms with Crippen LogP contribution >= 0.6 is 0 Å². The van der Waals surface area contributed by atoms with E-state index in [1.165, 1.54) is 60.5 Å². The molecule has 216 valence electrons. The third-order valence-electron chi connectivity index (χ3n) is 6.51. The van der Waals surface area contributed by atoms with Crippen LogP contribution in [0.1, 0.15) is 40.8 Å². The quantitative estimate of drug-likeness (QED) is 0.252. The molecule has 1 N–H and O–H groups in total. The van der Waals surface area contributed by atoms with Crippen LogP contribution in [0.4, 0.5) is 30.7 Å². The minimum atomic E-state index is -4.58. The number of carbonyl (C=O) groups is 1. The van der Waals surface area contributed by atoms with Crippen molar-refractivity contribution in [2.45, 2.75) is 38.4 Å². The van der Waals surface area contributed by atoms with Crippen molar-refractivity contribution in [3.05, 3.63) is 118 Å². The molecule has 1 heterocycles. The molecule has 0 saturated heterocycles. The molecule has 5 nitrogen and oxygen atoms in total. The number of esters is 1. The summed E-state index contributed by atoms with van der Waals surface area (Å²) in [5.41, 5.74) is -0.0752. The number of ether oxygens (including phenoxy) is 1. The second-order valence-electron chi connectivity index (χ2n) is 9.24. The summed E-state index contributed by atoms with van der Waals surface area (Å²) in [6.45, 7) is 1.35. The van der Waals surface area contributed by atoms with Crippen molar-refractivity contribution in [2.75, 3.05) is 7.11 Å². The van der Waals surface area contributed by atoms with Crippen molar-refractivity contribution >= 4 is 11.9 Å². The second kappa shape index (κ2) is 11.6. The van der Waals surface area contributed by atoms with Gasteiger partial charge in [-0.05, 0) is 60.0 Å². The van der Waals surface area contributed by atoms with Crippen molar-refractivity contribution in [1.82, 2.24) is 10.2 Å². The number of hydrogen-bond acceptors (Lipinski definition) is 3. The highest BCUT2D eigenvalue weighted by atomic mass is 19.4. The number of carbonyl (C=O) groups excluding carboxylic acids is 1. The maximum Gasteiger partial charge on any atom is 0.416 e. The van der Waals surface area contributed by atoms with Gasteiger partial charge in [-0.2, -0.15) is 26.3 Å². The number of hydrogen-bond donors (Lipinski definition) is 1. The molecule has 0 bridgehead atoms. The Labute approximate surface area is 231 Å². The maximum absolute atomic E-state index is 13.7. The molecule has 4 rings (SSSR count). The average molecular weight is 580 g/mol. The Hall–Kier alpha value is -4.35.